The van der Waals surface area contributed by atoms with Crippen molar-refractivity contribution in [3.8, 4) is 0 Å². The van der Waals surface area contributed by atoms with Crippen LogP contribution < -0.4 is 10.2 Å². The maximum absolute atomic E-state index is 3.60. The number of H-pyrrole nitrogens is 1. The third-order valence-electron chi connectivity index (χ3n) is 3.99. The molecule has 0 aromatic carbocycles. The molecule has 88 valence electrons. The number of aromatic amines is 1. The molecule has 0 aliphatic carbocycles. The van der Waals surface area contributed by atoms with Crippen LogP contribution in [0.5, 0.6) is 0 Å². The fraction of sp³-hybridized carbons (Fsp3) is 0.667. The number of aromatic nitrogens is 1. The Morgan fingerprint density at radius 1 is 1.50 bits per heavy atom. The lowest BCUT2D eigenvalue weighted by atomic mass is 9.84. The molecule has 2 aliphatic heterocycles. The predicted octanol–water partition coefficient (Wildman–Crippen LogP) is 2.31. The van der Waals surface area contributed by atoms with Gasteiger partial charge in [0, 0.05) is 25.7 Å². The van der Waals surface area contributed by atoms with Crippen LogP contribution >= 0.6 is 15.9 Å². The molecule has 4 heteroatoms. The van der Waals surface area contributed by atoms with E-state index in [0.29, 0.717) is 5.92 Å². The van der Waals surface area contributed by atoms with Gasteiger partial charge in [0.1, 0.15) is 4.60 Å². The van der Waals surface area contributed by atoms with Crippen molar-refractivity contribution in [3.05, 3.63) is 16.4 Å². The van der Waals surface area contributed by atoms with Gasteiger partial charge < -0.3 is 15.2 Å². The van der Waals surface area contributed by atoms with E-state index < -0.39 is 0 Å². The molecule has 0 saturated carbocycles. The van der Waals surface area contributed by atoms with E-state index in [1.807, 2.05) is 0 Å². The van der Waals surface area contributed by atoms with Crippen LogP contribution in [0.4, 0.5) is 5.69 Å². The third-order valence-corrected chi connectivity index (χ3v) is 4.60. The first-order valence-electron chi connectivity index (χ1n) is 6.06. The highest BCUT2D eigenvalue weighted by atomic mass is 79.9. The van der Waals surface area contributed by atoms with Gasteiger partial charge in [0.25, 0.3) is 0 Å². The molecular formula is C12H18BrN3. The van der Waals surface area contributed by atoms with Crippen LogP contribution in [0.25, 0.3) is 0 Å². The summed E-state index contributed by atoms with van der Waals surface area (Å²) in [5.74, 6) is 1.51. The third kappa shape index (κ3) is 1.59. The molecule has 2 aliphatic rings. The summed E-state index contributed by atoms with van der Waals surface area (Å²) < 4.78 is 1.14. The van der Waals surface area contributed by atoms with Crippen molar-refractivity contribution >= 4 is 21.6 Å². The zero-order valence-corrected chi connectivity index (χ0v) is 11.2. The summed E-state index contributed by atoms with van der Waals surface area (Å²) in [6, 6.07) is 0. The van der Waals surface area contributed by atoms with Crippen LogP contribution in [-0.4, -0.2) is 31.7 Å². The van der Waals surface area contributed by atoms with E-state index in [-0.39, 0.29) is 0 Å². The average molecular weight is 284 g/mol. The summed E-state index contributed by atoms with van der Waals surface area (Å²) in [6.45, 7) is 3.55. The molecule has 2 unspecified atom stereocenters. The normalized spacial score (nSPS) is 29.5. The summed E-state index contributed by atoms with van der Waals surface area (Å²) in [6.07, 6.45) is 4.88. The van der Waals surface area contributed by atoms with Crippen LogP contribution in [0.1, 0.15) is 24.3 Å². The van der Waals surface area contributed by atoms with E-state index in [1.165, 1.54) is 43.7 Å². The van der Waals surface area contributed by atoms with E-state index in [0.717, 1.165) is 10.5 Å². The zero-order chi connectivity index (χ0) is 11.1. The number of anilines is 1. The molecule has 16 heavy (non-hydrogen) atoms. The molecule has 2 atom stereocenters. The molecule has 3 heterocycles. The number of piperidine rings is 1. The van der Waals surface area contributed by atoms with Crippen molar-refractivity contribution in [2.45, 2.75) is 18.8 Å². The van der Waals surface area contributed by atoms with Gasteiger partial charge in [0.2, 0.25) is 0 Å². The highest BCUT2D eigenvalue weighted by Gasteiger charge is 2.35. The Balaban J connectivity index is 1.87. The fourth-order valence-corrected chi connectivity index (χ4v) is 3.83. The summed E-state index contributed by atoms with van der Waals surface area (Å²) in [5, 5.41) is 3.52. The SMILES string of the molecule is CN1CC(C2CCCNC2)c2c[nH]c(Br)c21. The Labute approximate surface area is 105 Å². The van der Waals surface area contributed by atoms with Crippen molar-refractivity contribution in [3.63, 3.8) is 0 Å². The average Bonchev–Trinajstić information content (AvgIpc) is 2.83. The first-order valence-corrected chi connectivity index (χ1v) is 6.85. The molecule has 0 spiro atoms. The van der Waals surface area contributed by atoms with E-state index >= 15 is 0 Å². The highest BCUT2D eigenvalue weighted by molar-refractivity contribution is 9.10. The number of nitrogens with one attached hydrogen (secondary N) is 2. The number of halogens is 1. The number of nitrogens with zero attached hydrogens (tertiary/aromatic N) is 1. The Hall–Kier alpha value is -0.480. The monoisotopic (exact) mass is 283 g/mol. The Kier molecular flexibility index (Phi) is 2.72. The van der Waals surface area contributed by atoms with Gasteiger partial charge in [0.15, 0.2) is 0 Å². The lowest BCUT2D eigenvalue weighted by molar-refractivity contribution is 0.331. The molecule has 0 amide bonds. The standard InChI is InChI=1S/C12H18BrN3/c1-16-7-10(8-3-2-4-14-5-8)9-6-15-12(13)11(9)16/h6,8,10,14-15H,2-5,7H2,1H3. The summed E-state index contributed by atoms with van der Waals surface area (Å²) in [4.78, 5) is 5.66. The van der Waals surface area contributed by atoms with Crippen molar-refractivity contribution < 1.29 is 0 Å². The molecule has 3 nitrogen and oxygen atoms in total. The van der Waals surface area contributed by atoms with Gasteiger partial charge >= 0.3 is 0 Å². The topological polar surface area (TPSA) is 31.1 Å². The van der Waals surface area contributed by atoms with E-state index in [1.54, 1.807) is 0 Å². The van der Waals surface area contributed by atoms with Crippen LogP contribution in [0, 0.1) is 5.92 Å². The zero-order valence-electron chi connectivity index (χ0n) is 9.59. The summed E-state index contributed by atoms with van der Waals surface area (Å²) >= 11 is 3.60. The lowest BCUT2D eigenvalue weighted by Gasteiger charge is -2.28. The largest absolute Gasteiger partial charge is 0.372 e. The van der Waals surface area contributed by atoms with Crippen molar-refractivity contribution in [2.24, 2.45) is 5.92 Å². The van der Waals surface area contributed by atoms with Crippen LogP contribution in [-0.2, 0) is 0 Å². The predicted molar refractivity (Wildman–Crippen MR) is 70.1 cm³/mol. The first-order chi connectivity index (χ1) is 7.77. The number of fused-ring (bicyclic) bond motifs is 1. The van der Waals surface area contributed by atoms with E-state index in [2.05, 4.69) is 44.4 Å². The molecule has 3 rings (SSSR count). The highest BCUT2D eigenvalue weighted by Crippen LogP contribution is 2.44. The van der Waals surface area contributed by atoms with Gasteiger partial charge in [-0.1, -0.05) is 0 Å². The Morgan fingerprint density at radius 2 is 2.38 bits per heavy atom. The van der Waals surface area contributed by atoms with Crippen molar-refractivity contribution in [1.82, 2.24) is 10.3 Å². The second kappa shape index (κ2) is 4.08. The minimum absolute atomic E-state index is 0.704. The first kappa shape index (κ1) is 10.7. The smallest absolute Gasteiger partial charge is 0.106 e. The fourth-order valence-electron chi connectivity index (χ4n) is 3.19. The quantitative estimate of drug-likeness (QED) is 0.829. The number of rotatable bonds is 1. The van der Waals surface area contributed by atoms with Gasteiger partial charge in [-0.25, -0.2) is 0 Å². The van der Waals surface area contributed by atoms with E-state index in [4.69, 9.17) is 0 Å². The maximum Gasteiger partial charge on any atom is 0.106 e. The summed E-state index contributed by atoms with van der Waals surface area (Å²) in [7, 11) is 2.19. The summed E-state index contributed by atoms with van der Waals surface area (Å²) in [5.41, 5.74) is 2.87. The number of hydrogen-bond donors (Lipinski definition) is 2. The second-order valence-electron chi connectivity index (χ2n) is 5.00. The Morgan fingerprint density at radius 3 is 3.12 bits per heavy atom. The van der Waals surface area contributed by atoms with Gasteiger partial charge in [-0.2, -0.15) is 0 Å². The molecule has 1 aromatic rings. The van der Waals surface area contributed by atoms with E-state index in [9.17, 15) is 0 Å². The molecule has 1 saturated heterocycles. The minimum Gasteiger partial charge on any atom is -0.372 e. The van der Waals surface area contributed by atoms with Crippen molar-refractivity contribution in [2.75, 3.05) is 31.6 Å². The minimum atomic E-state index is 0.704. The maximum atomic E-state index is 3.60. The number of likely N-dealkylation sites (N-methyl/N-ethyl adjacent to an activating group) is 1. The van der Waals surface area contributed by atoms with Gasteiger partial charge in [-0.05, 0) is 53.3 Å². The van der Waals surface area contributed by atoms with Gasteiger partial charge in [-0.3, -0.25) is 0 Å². The lowest BCUT2D eigenvalue weighted by Crippen LogP contribution is -2.34. The van der Waals surface area contributed by atoms with Gasteiger partial charge in [0.05, 0.1) is 5.69 Å². The molecular weight excluding hydrogens is 266 g/mol. The molecule has 1 aromatic heterocycles. The molecule has 1 fully saturated rings. The van der Waals surface area contributed by atoms with Crippen LogP contribution in [0.15, 0.2) is 10.8 Å². The molecule has 0 bridgehead atoms. The van der Waals surface area contributed by atoms with Crippen LogP contribution in [0.3, 0.4) is 0 Å². The second-order valence-corrected chi connectivity index (χ2v) is 5.79. The van der Waals surface area contributed by atoms with Crippen molar-refractivity contribution in [1.29, 1.82) is 0 Å². The number of hydrogen-bond acceptors (Lipinski definition) is 2. The molecule has 0 radical (unpaired) electrons. The van der Waals surface area contributed by atoms with Crippen LogP contribution in [0.2, 0.25) is 0 Å². The van der Waals surface area contributed by atoms with Gasteiger partial charge in [-0.15, -0.1) is 0 Å². The Bertz CT molecular complexity index is 382. The molecule has 2 N–H and O–H groups in total.